The fourth-order valence-corrected chi connectivity index (χ4v) is 6.09. The summed E-state index contributed by atoms with van der Waals surface area (Å²) in [5.41, 5.74) is -0.602. The monoisotopic (exact) mass is 564 g/mol. The van der Waals surface area contributed by atoms with Crippen molar-refractivity contribution in [3.05, 3.63) is 41.4 Å². The molecule has 0 aromatic heterocycles. The molecule has 2 unspecified atom stereocenters. The SMILES string of the molecule is CC(C(=O)N1CCN(C(=O)OC(C)(C)C)CC1)N1CCC(NS(=O)(=O)c2ccc3cc(Cl)ccc3c2)C1=O. The summed E-state index contributed by atoms with van der Waals surface area (Å²) in [5, 5.41) is 2.07. The molecular weight excluding hydrogens is 532 g/mol. The van der Waals surface area contributed by atoms with Crippen molar-refractivity contribution in [2.45, 2.75) is 56.7 Å². The zero-order valence-corrected chi connectivity index (χ0v) is 23.5. The quantitative estimate of drug-likeness (QED) is 0.597. The summed E-state index contributed by atoms with van der Waals surface area (Å²) < 4.78 is 34.0. The van der Waals surface area contributed by atoms with E-state index < -0.39 is 39.7 Å². The van der Waals surface area contributed by atoms with E-state index in [4.69, 9.17) is 16.3 Å². The largest absolute Gasteiger partial charge is 0.444 e. The van der Waals surface area contributed by atoms with Crippen molar-refractivity contribution in [3.8, 4) is 0 Å². The van der Waals surface area contributed by atoms with Crippen LogP contribution >= 0.6 is 11.6 Å². The number of amides is 3. The lowest BCUT2D eigenvalue weighted by atomic mass is 10.1. The lowest BCUT2D eigenvalue weighted by Crippen LogP contribution is -2.56. The van der Waals surface area contributed by atoms with Crippen molar-refractivity contribution < 1.29 is 27.5 Å². The number of ether oxygens (including phenoxy) is 1. The number of nitrogens with zero attached hydrogens (tertiary/aromatic N) is 3. The van der Waals surface area contributed by atoms with Crippen LogP contribution < -0.4 is 4.72 Å². The van der Waals surface area contributed by atoms with E-state index >= 15 is 0 Å². The van der Waals surface area contributed by atoms with Crippen LogP contribution in [0.1, 0.15) is 34.1 Å². The van der Waals surface area contributed by atoms with E-state index in [0.29, 0.717) is 36.6 Å². The molecule has 0 spiro atoms. The van der Waals surface area contributed by atoms with Crippen LogP contribution in [0.4, 0.5) is 4.79 Å². The van der Waals surface area contributed by atoms with Crippen LogP contribution in [0.25, 0.3) is 10.8 Å². The van der Waals surface area contributed by atoms with Gasteiger partial charge in [-0.25, -0.2) is 13.2 Å². The number of likely N-dealkylation sites (tertiary alicyclic amines) is 1. The Morgan fingerprint density at radius 1 is 1.00 bits per heavy atom. The lowest BCUT2D eigenvalue weighted by Gasteiger charge is -2.37. The Morgan fingerprint density at radius 3 is 2.26 bits per heavy atom. The highest BCUT2D eigenvalue weighted by Crippen LogP contribution is 2.24. The van der Waals surface area contributed by atoms with Crippen LogP contribution in [0.15, 0.2) is 41.3 Å². The van der Waals surface area contributed by atoms with Gasteiger partial charge in [0.25, 0.3) is 0 Å². The summed E-state index contributed by atoms with van der Waals surface area (Å²) in [4.78, 5) is 43.2. The highest BCUT2D eigenvalue weighted by Gasteiger charge is 2.40. The molecule has 2 saturated heterocycles. The van der Waals surface area contributed by atoms with Gasteiger partial charge in [-0.2, -0.15) is 4.72 Å². The molecule has 2 aliphatic heterocycles. The maximum Gasteiger partial charge on any atom is 0.410 e. The Morgan fingerprint density at radius 2 is 1.61 bits per heavy atom. The number of hydrogen-bond donors (Lipinski definition) is 1. The first-order chi connectivity index (χ1) is 17.7. The van der Waals surface area contributed by atoms with Gasteiger partial charge in [0, 0.05) is 37.7 Å². The summed E-state index contributed by atoms with van der Waals surface area (Å²) in [6.45, 7) is 8.62. The molecule has 0 aliphatic carbocycles. The molecule has 2 aromatic rings. The van der Waals surface area contributed by atoms with Crippen molar-refractivity contribution in [1.82, 2.24) is 19.4 Å². The van der Waals surface area contributed by atoms with Gasteiger partial charge in [-0.05, 0) is 69.2 Å². The third-order valence-electron chi connectivity index (χ3n) is 6.69. The molecule has 2 atom stereocenters. The zero-order valence-electron chi connectivity index (χ0n) is 21.9. The minimum absolute atomic E-state index is 0.0468. The number of sulfonamides is 1. The summed E-state index contributed by atoms with van der Waals surface area (Å²) in [6.07, 6.45) is -0.164. The first kappa shape index (κ1) is 28.1. The zero-order chi connectivity index (χ0) is 27.8. The van der Waals surface area contributed by atoms with Crippen molar-refractivity contribution in [3.63, 3.8) is 0 Å². The Kier molecular flexibility index (Phi) is 7.92. The van der Waals surface area contributed by atoms with Gasteiger partial charge in [-0.1, -0.05) is 23.7 Å². The van der Waals surface area contributed by atoms with Crippen molar-refractivity contribution in [2.24, 2.45) is 0 Å². The molecule has 0 saturated carbocycles. The summed E-state index contributed by atoms with van der Waals surface area (Å²) in [7, 11) is -3.97. The molecule has 3 amide bonds. The third-order valence-corrected chi connectivity index (χ3v) is 8.39. The molecule has 2 fully saturated rings. The van der Waals surface area contributed by atoms with Crippen LogP contribution in [0.5, 0.6) is 0 Å². The molecule has 12 heteroatoms. The number of hydrogen-bond acceptors (Lipinski definition) is 6. The number of carbonyl (C=O) groups is 3. The van der Waals surface area contributed by atoms with E-state index in [0.717, 1.165) is 5.39 Å². The highest BCUT2D eigenvalue weighted by atomic mass is 35.5. The Balaban J connectivity index is 1.35. The van der Waals surface area contributed by atoms with Gasteiger partial charge in [-0.3, -0.25) is 9.59 Å². The number of benzene rings is 2. The smallest absolute Gasteiger partial charge is 0.410 e. The normalized spacial score (nSPS) is 19.7. The van der Waals surface area contributed by atoms with Gasteiger partial charge in [0.2, 0.25) is 21.8 Å². The predicted molar refractivity (Wildman–Crippen MR) is 143 cm³/mol. The average molecular weight is 565 g/mol. The molecule has 0 radical (unpaired) electrons. The number of rotatable bonds is 5. The van der Waals surface area contributed by atoms with Crippen LogP contribution in [0, 0.1) is 0 Å². The molecule has 2 heterocycles. The maximum absolute atomic E-state index is 13.1. The minimum atomic E-state index is -3.97. The topological polar surface area (TPSA) is 116 Å². The van der Waals surface area contributed by atoms with Crippen molar-refractivity contribution in [1.29, 1.82) is 0 Å². The Bertz CT molecular complexity index is 1350. The molecule has 4 rings (SSSR count). The molecule has 38 heavy (non-hydrogen) atoms. The van der Waals surface area contributed by atoms with Gasteiger partial charge in [0.1, 0.15) is 17.7 Å². The number of nitrogens with one attached hydrogen (secondary N) is 1. The van der Waals surface area contributed by atoms with Crippen LogP contribution in [-0.4, -0.2) is 91.4 Å². The predicted octanol–water partition coefficient (Wildman–Crippen LogP) is 2.84. The average Bonchev–Trinajstić information content (AvgIpc) is 3.20. The van der Waals surface area contributed by atoms with Crippen molar-refractivity contribution in [2.75, 3.05) is 32.7 Å². The van der Waals surface area contributed by atoms with Crippen LogP contribution in [0.2, 0.25) is 5.02 Å². The van der Waals surface area contributed by atoms with E-state index in [1.165, 1.54) is 17.0 Å². The summed E-state index contributed by atoms with van der Waals surface area (Å²) in [6, 6.07) is 8.13. The fraction of sp³-hybridized carbons (Fsp3) is 0.500. The van der Waals surface area contributed by atoms with E-state index in [9.17, 15) is 22.8 Å². The van der Waals surface area contributed by atoms with Crippen molar-refractivity contribution >= 4 is 50.3 Å². The molecule has 0 bridgehead atoms. The standard InChI is InChI=1S/C26H33ClN4O6S/c1-17(23(32)29-11-13-30(14-12-29)25(34)37-26(2,3)4)31-10-9-22(24(31)33)28-38(35,36)21-8-6-18-15-20(27)7-5-19(18)16-21/h5-8,15-17,22,28H,9-14H2,1-4H3. The Hall–Kier alpha value is -2.89. The second kappa shape index (κ2) is 10.7. The van der Waals surface area contributed by atoms with Gasteiger partial charge in [0.15, 0.2) is 0 Å². The number of piperazine rings is 1. The second-order valence-corrected chi connectivity index (χ2v) is 12.8. The van der Waals surface area contributed by atoms with Gasteiger partial charge < -0.3 is 19.4 Å². The van der Waals surface area contributed by atoms with Crippen LogP contribution in [0.3, 0.4) is 0 Å². The lowest BCUT2D eigenvalue weighted by molar-refractivity contribution is -0.144. The fourth-order valence-electron chi connectivity index (χ4n) is 4.65. The molecule has 1 N–H and O–H groups in total. The second-order valence-electron chi connectivity index (χ2n) is 10.6. The van der Waals surface area contributed by atoms with E-state index in [1.807, 2.05) is 0 Å². The number of halogens is 1. The highest BCUT2D eigenvalue weighted by molar-refractivity contribution is 7.89. The third kappa shape index (κ3) is 6.22. The van der Waals surface area contributed by atoms with E-state index in [2.05, 4.69) is 4.72 Å². The number of carbonyl (C=O) groups excluding carboxylic acids is 3. The minimum Gasteiger partial charge on any atom is -0.444 e. The van der Waals surface area contributed by atoms with E-state index in [1.54, 1.807) is 61.8 Å². The first-order valence-electron chi connectivity index (χ1n) is 12.5. The molecule has 2 aliphatic rings. The first-order valence-corrected chi connectivity index (χ1v) is 14.4. The van der Waals surface area contributed by atoms with Gasteiger partial charge in [0.05, 0.1) is 4.90 Å². The Labute approximate surface area is 227 Å². The molecule has 2 aromatic carbocycles. The number of fused-ring (bicyclic) bond motifs is 1. The summed E-state index contributed by atoms with van der Waals surface area (Å²) >= 11 is 6.01. The molecule has 206 valence electrons. The van der Waals surface area contributed by atoms with E-state index in [-0.39, 0.29) is 23.8 Å². The summed E-state index contributed by atoms with van der Waals surface area (Å²) in [5.74, 6) is -0.673. The molecule has 10 nitrogen and oxygen atoms in total. The maximum atomic E-state index is 13.1. The van der Waals surface area contributed by atoms with Gasteiger partial charge >= 0.3 is 6.09 Å². The van der Waals surface area contributed by atoms with Crippen LogP contribution in [-0.2, 0) is 24.3 Å². The molecular formula is C26H33ClN4O6S. The van der Waals surface area contributed by atoms with Gasteiger partial charge in [-0.15, -0.1) is 0 Å².